The SMILES string of the molecule is Cc1cc(CNCCCO)ccc1F. The van der Waals surface area contributed by atoms with Crippen LogP contribution in [0.1, 0.15) is 17.5 Å². The fourth-order valence-corrected chi connectivity index (χ4v) is 1.25. The van der Waals surface area contributed by atoms with Gasteiger partial charge >= 0.3 is 0 Å². The second-order valence-electron chi connectivity index (χ2n) is 3.34. The Kier molecular flexibility index (Phi) is 4.56. The Bertz CT molecular complexity index is 289. The zero-order valence-electron chi connectivity index (χ0n) is 8.39. The summed E-state index contributed by atoms with van der Waals surface area (Å²) in [5, 5.41) is 11.7. The molecule has 14 heavy (non-hydrogen) atoms. The predicted octanol–water partition coefficient (Wildman–Crippen LogP) is 1.61. The number of aliphatic hydroxyl groups excluding tert-OH is 1. The van der Waals surface area contributed by atoms with E-state index < -0.39 is 0 Å². The Hall–Kier alpha value is -0.930. The van der Waals surface area contributed by atoms with Gasteiger partial charge in [0.1, 0.15) is 5.82 Å². The normalized spacial score (nSPS) is 10.5. The highest BCUT2D eigenvalue weighted by Gasteiger charge is 1.98. The first-order chi connectivity index (χ1) is 6.74. The van der Waals surface area contributed by atoms with Crippen LogP contribution in [0.4, 0.5) is 4.39 Å². The average molecular weight is 197 g/mol. The van der Waals surface area contributed by atoms with Crippen LogP contribution in [-0.2, 0) is 6.54 Å². The molecule has 78 valence electrons. The molecule has 2 nitrogen and oxygen atoms in total. The molecule has 0 aliphatic heterocycles. The highest BCUT2D eigenvalue weighted by Crippen LogP contribution is 2.08. The van der Waals surface area contributed by atoms with Crippen molar-refractivity contribution in [2.45, 2.75) is 19.9 Å². The Balaban J connectivity index is 2.39. The molecule has 0 atom stereocenters. The molecule has 0 radical (unpaired) electrons. The minimum Gasteiger partial charge on any atom is -0.396 e. The van der Waals surface area contributed by atoms with Gasteiger partial charge < -0.3 is 10.4 Å². The van der Waals surface area contributed by atoms with Crippen molar-refractivity contribution in [1.29, 1.82) is 0 Å². The van der Waals surface area contributed by atoms with Crippen LogP contribution in [0.15, 0.2) is 18.2 Å². The summed E-state index contributed by atoms with van der Waals surface area (Å²) in [6.45, 7) is 3.47. The first-order valence-corrected chi connectivity index (χ1v) is 4.80. The van der Waals surface area contributed by atoms with Crippen LogP contribution in [0.2, 0.25) is 0 Å². The lowest BCUT2D eigenvalue weighted by Crippen LogP contribution is -2.15. The van der Waals surface area contributed by atoms with E-state index in [0.29, 0.717) is 5.56 Å². The molecule has 3 heteroatoms. The van der Waals surface area contributed by atoms with E-state index in [-0.39, 0.29) is 12.4 Å². The summed E-state index contributed by atoms with van der Waals surface area (Å²) in [6.07, 6.45) is 0.750. The first kappa shape index (κ1) is 11.1. The number of aryl methyl sites for hydroxylation is 1. The van der Waals surface area contributed by atoms with E-state index in [0.717, 1.165) is 25.1 Å². The molecule has 1 aromatic rings. The average Bonchev–Trinajstić information content (AvgIpc) is 2.18. The van der Waals surface area contributed by atoms with Crippen molar-refractivity contribution in [3.05, 3.63) is 35.1 Å². The van der Waals surface area contributed by atoms with E-state index in [1.807, 2.05) is 6.07 Å². The number of nitrogens with one attached hydrogen (secondary N) is 1. The van der Waals surface area contributed by atoms with E-state index in [4.69, 9.17) is 5.11 Å². The van der Waals surface area contributed by atoms with Crippen LogP contribution in [0.25, 0.3) is 0 Å². The standard InChI is InChI=1S/C11H16FNO/c1-9-7-10(3-4-11(9)12)8-13-5-2-6-14/h3-4,7,13-14H,2,5-6,8H2,1H3. The van der Waals surface area contributed by atoms with Gasteiger partial charge in [0.05, 0.1) is 0 Å². The highest BCUT2D eigenvalue weighted by atomic mass is 19.1. The van der Waals surface area contributed by atoms with Gasteiger partial charge in [-0.2, -0.15) is 0 Å². The highest BCUT2D eigenvalue weighted by molar-refractivity contribution is 5.23. The lowest BCUT2D eigenvalue weighted by atomic mass is 10.1. The molecule has 2 N–H and O–H groups in total. The van der Waals surface area contributed by atoms with Crippen LogP contribution in [0, 0.1) is 12.7 Å². The van der Waals surface area contributed by atoms with E-state index in [1.165, 1.54) is 6.07 Å². The minimum absolute atomic E-state index is 0.163. The van der Waals surface area contributed by atoms with Crippen molar-refractivity contribution in [2.24, 2.45) is 0 Å². The third kappa shape index (κ3) is 3.44. The Morgan fingerprint density at radius 2 is 2.21 bits per heavy atom. The van der Waals surface area contributed by atoms with Gasteiger partial charge in [-0.05, 0) is 37.1 Å². The number of hydrogen-bond donors (Lipinski definition) is 2. The molecule has 0 aliphatic rings. The Morgan fingerprint density at radius 1 is 1.43 bits per heavy atom. The fraction of sp³-hybridized carbons (Fsp3) is 0.455. The summed E-state index contributed by atoms with van der Waals surface area (Å²) >= 11 is 0. The van der Waals surface area contributed by atoms with Gasteiger partial charge in [-0.1, -0.05) is 12.1 Å². The van der Waals surface area contributed by atoms with E-state index in [1.54, 1.807) is 13.0 Å². The van der Waals surface area contributed by atoms with Crippen molar-refractivity contribution in [1.82, 2.24) is 5.32 Å². The molecule has 0 aliphatic carbocycles. The van der Waals surface area contributed by atoms with Crippen LogP contribution < -0.4 is 5.32 Å². The van der Waals surface area contributed by atoms with Crippen molar-refractivity contribution in [3.63, 3.8) is 0 Å². The molecule has 0 saturated carbocycles. The molecule has 0 amide bonds. The van der Waals surface area contributed by atoms with Crippen molar-refractivity contribution in [2.75, 3.05) is 13.2 Å². The van der Waals surface area contributed by atoms with Crippen LogP contribution in [0.5, 0.6) is 0 Å². The molecular weight excluding hydrogens is 181 g/mol. The minimum atomic E-state index is -0.163. The van der Waals surface area contributed by atoms with E-state index >= 15 is 0 Å². The molecule has 0 saturated heterocycles. The predicted molar refractivity (Wildman–Crippen MR) is 54.5 cm³/mol. The molecular formula is C11H16FNO. The summed E-state index contributed by atoms with van der Waals surface area (Å²) in [4.78, 5) is 0. The number of rotatable bonds is 5. The second-order valence-corrected chi connectivity index (χ2v) is 3.34. The smallest absolute Gasteiger partial charge is 0.126 e. The van der Waals surface area contributed by atoms with Gasteiger partial charge in [-0.25, -0.2) is 4.39 Å². The third-order valence-electron chi connectivity index (χ3n) is 2.06. The lowest BCUT2D eigenvalue weighted by Gasteiger charge is -2.05. The molecule has 0 heterocycles. The summed E-state index contributed by atoms with van der Waals surface area (Å²) in [5.74, 6) is -0.163. The van der Waals surface area contributed by atoms with Gasteiger partial charge in [0.15, 0.2) is 0 Å². The summed E-state index contributed by atoms with van der Waals surface area (Å²) in [5.41, 5.74) is 1.74. The maximum absolute atomic E-state index is 12.9. The van der Waals surface area contributed by atoms with Crippen molar-refractivity contribution >= 4 is 0 Å². The lowest BCUT2D eigenvalue weighted by molar-refractivity contribution is 0.286. The monoisotopic (exact) mass is 197 g/mol. The molecule has 1 aromatic carbocycles. The molecule has 0 bridgehead atoms. The van der Waals surface area contributed by atoms with Gasteiger partial charge in [-0.15, -0.1) is 0 Å². The zero-order valence-corrected chi connectivity index (χ0v) is 8.39. The van der Waals surface area contributed by atoms with Gasteiger partial charge in [0, 0.05) is 13.2 Å². The Morgan fingerprint density at radius 3 is 2.86 bits per heavy atom. The second kappa shape index (κ2) is 5.73. The molecule has 0 fully saturated rings. The number of aliphatic hydroxyl groups is 1. The maximum Gasteiger partial charge on any atom is 0.126 e. The largest absolute Gasteiger partial charge is 0.396 e. The fourth-order valence-electron chi connectivity index (χ4n) is 1.25. The maximum atomic E-state index is 12.9. The third-order valence-corrected chi connectivity index (χ3v) is 2.06. The molecule has 0 unspecified atom stereocenters. The Labute approximate surface area is 83.8 Å². The van der Waals surface area contributed by atoms with Crippen LogP contribution in [-0.4, -0.2) is 18.3 Å². The van der Waals surface area contributed by atoms with Crippen LogP contribution >= 0.6 is 0 Å². The van der Waals surface area contributed by atoms with E-state index in [9.17, 15) is 4.39 Å². The number of halogens is 1. The molecule has 1 rings (SSSR count). The van der Waals surface area contributed by atoms with Crippen molar-refractivity contribution < 1.29 is 9.50 Å². The van der Waals surface area contributed by atoms with Gasteiger partial charge in [-0.3, -0.25) is 0 Å². The quantitative estimate of drug-likeness (QED) is 0.703. The molecule has 0 aromatic heterocycles. The van der Waals surface area contributed by atoms with Gasteiger partial charge in [0.25, 0.3) is 0 Å². The van der Waals surface area contributed by atoms with E-state index in [2.05, 4.69) is 5.32 Å². The first-order valence-electron chi connectivity index (χ1n) is 4.80. The van der Waals surface area contributed by atoms with Gasteiger partial charge in [0.2, 0.25) is 0 Å². The summed E-state index contributed by atoms with van der Waals surface area (Å²) in [6, 6.07) is 5.09. The summed E-state index contributed by atoms with van der Waals surface area (Å²) in [7, 11) is 0. The summed E-state index contributed by atoms with van der Waals surface area (Å²) < 4.78 is 12.9. The van der Waals surface area contributed by atoms with Crippen molar-refractivity contribution in [3.8, 4) is 0 Å². The topological polar surface area (TPSA) is 32.3 Å². The van der Waals surface area contributed by atoms with Crippen LogP contribution in [0.3, 0.4) is 0 Å². The number of hydrogen-bond acceptors (Lipinski definition) is 2. The zero-order chi connectivity index (χ0) is 10.4. The number of benzene rings is 1. The molecule has 0 spiro atoms.